The van der Waals surface area contributed by atoms with Gasteiger partial charge in [-0.15, -0.1) is 0 Å². The molecule has 0 unspecified atom stereocenters. The number of benzene rings is 2. The zero-order valence-electron chi connectivity index (χ0n) is 17.1. The van der Waals surface area contributed by atoms with E-state index in [1.807, 2.05) is 0 Å². The highest BCUT2D eigenvalue weighted by molar-refractivity contribution is 6.42. The number of hydrogen-bond acceptors (Lipinski definition) is 2. The summed E-state index contributed by atoms with van der Waals surface area (Å²) in [7, 11) is 0. The summed E-state index contributed by atoms with van der Waals surface area (Å²) in [5.74, 6) is -0.318. The lowest BCUT2D eigenvalue weighted by Crippen LogP contribution is -2.43. The normalized spacial score (nSPS) is 18.8. The predicted molar refractivity (Wildman–Crippen MR) is 133 cm³/mol. The molecule has 1 aliphatic carbocycles. The molecule has 3 rings (SSSR count). The van der Waals surface area contributed by atoms with Gasteiger partial charge in [-0.25, -0.2) is 0 Å². The van der Waals surface area contributed by atoms with Crippen LogP contribution in [-0.2, 0) is 9.59 Å². The monoisotopic (exact) mass is 510 g/mol. The molecular formula is C24H22Cl4N2O2. The van der Waals surface area contributed by atoms with Crippen molar-refractivity contribution in [3.8, 4) is 0 Å². The van der Waals surface area contributed by atoms with Gasteiger partial charge in [0.15, 0.2) is 0 Å². The average Bonchev–Trinajstić information content (AvgIpc) is 2.77. The molecule has 2 N–H and O–H groups in total. The van der Waals surface area contributed by atoms with Crippen LogP contribution >= 0.6 is 46.4 Å². The summed E-state index contributed by atoms with van der Waals surface area (Å²) in [6, 6.07) is 10.5. The van der Waals surface area contributed by atoms with Crippen LogP contribution in [-0.4, -0.2) is 23.9 Å². The van der Waals surface area contributed by atoms with Crippen LogP contribution in [0.4, 0.5) is 0 Å². The molecule has 2 aromatic carbocycles. The van der Waals surface area contributed by atoms with Crippen molar-refractivity contribution >= 4 is 70.4 Å². The molecule has 32 heavy (non-hydrogen) atoms. The molecule has 2 aromatic rings. The van der Waals surface area contributed by atoms with Crippen molar-refractivity contribution in [1.82, 2.24) is 10.6 Å². The maximum absolute atomic E-state index is 12.2. The summed E-state index contributed by atoms with van der Waals surface area (Å²) in [5.41, 5.74) is 1.60. The number of rotatable bonds is 6. The van der Waals surface area contributed by atoms with Crippen LogP contribution in [0, 0.1) is 0 Å². The zero-order chi connectivity index (χ0) is 23.1. The minimum Gasteiger partial charge on any atom is -0.350 e. The first kappa shape index (κ1) is 24.7. The van der Waals surface area contributed by atoms with Crippen LogP contribution < -0.4 is 10.6 Å². The van der Waals surface area contributed by atoms with Crippen molar-refractivity contribution in [2.45, 2.75) is 37.8 Å². The zero-order valence-corrected chi connectivity index (χ0v) is 20.1. The first-order valence-electron chi connectivity index (χ1n) is 10.2. The molecule has 0 spiro atoms. The van der Waals surface area contributed by atoms with E-state index in [-0.39, 0.29) is 23.9 Å². The smallest absolute Gasteiger partial charge is 0.244 e. The molecule has 1 saturated carbocycles. The largest absolute Gasteiger partial charge is 0.350 e. The number of nitrogens with one attached hydrogen (secondary N) is 2. The van der Waals surface area contributed by atoms with E-state index in [0.29, 0.717) is 20.1 Å². The van der Waals surface area contributed by atoms with Crippen molar-refractivity contribution in [1.29, 1.82) is 0 Å². The second-order valence-corrected chi connectivity index (χ2v) is 9.21. The Morgan fingerprint density at radius 2 is 1.03 bits per heavy atom. The molecule has 0 aliphatic heterocycles. The SMILES string of the molecule is O=C(/C=C/c1ccc(Cl)c(Cl)c1)NC1CCC(NC(=O)/C=C/c2ccc(Cl)c(Cl)c2)CC1. The Labute approximate surface area is 207 Å². The Bertz CT molecular complexity index is 961. The minimum absolute atomic E-state index is 0.0841. The molecule has 0 heterocycles. The summed E-state index contributed by atoms with van der Waals surface area (Å²) in [5, 5.41) is 7.86. The Hall–Kier alpha value is -1.98. The van der Waals surface area contributed by atoms with Gasteiger partial charge in [0.25, 0.3) is 0 Å². The van der Waals surface area contributed by atoms with Crippen LogP contribution in [0.3, 0.4) is 0 Å². The van der Waals surface area contributed by atoms with Gasteiger partial charge >= 0.3 is 0 Å². The van der Waals surface area contributed by atoms with E-state index in [9.17, 15) is 9.59 Å². The van der Waals surface area contributed by atoms with E-state index >= 15 is 0 Å². The maximum atomic E-state index is 12.2. The van der Waals surface area contributed by atoms with Gasteiger partial charge in [-0.05, 0) is 73.2 Å². The molecular weight excluding hydrogens is 490 g/mol. The minimum atomic E-state index is -0.159. The maximum Gasteiger partial charge on any atom is 0.244 e. The summed E-state index contributed by atoms with van der Waals surface area (Å²) >= 11 is 23.8. The van der Waals surface area contributed by atoms with Crippen molar-refractivity contribution in [2.75, 3.05) is 0 Å². The van der Waals surface area contributed by atoms with Crippen molar-refractivity contribution in [2.24, 2.45) is 0 Å². The fourth-order valence-corrected chi connectivity index (χ4v) is 4.07. The summed E-state index contributed by atoms with van der Waals surface area (Å²) < 4.78 is 0. The molecule has 0 saturated heterocycles. The lowest BCUT2D eigenvalue weighted by atomic mass is 9.91. The predicted octanol–water partition coefficient (Wildman–Crippen LogP) is 6.57. The standard InChI is InChI=1S/C24H22Cl4N2O2/c25-19-9-1-15(13-21(19)27)3-11-23(31)29-17-5-7-18(8-6-17)30-24(32)12-4-16-2-10-20(26)22(28)14-16/h1-4,9-14,17-18H,5-8H2,(H,29,31)(H,30,32)/b11-3+,12-4+. The Morgan fingerprint density at radius 3 is 1.38 bits per heavy atom. The molecule has 2 amide bonds. The lowest BCUT2D eigenvalue weighted by molar-refractivity contribution is -0.118. The van der Waals surface area contributed by atoms with Gasteiger partial charge in [-0.2, -0.15) is 0 Å². The Balaban J connectivity index is 1.41. The third kappa shape index (κ3) is 7.56. The van der Waals surface area contributed by atoms with E-state index in [0.717, 1.165) is 36.8 Å². The molecule has 0 aromatic heterocycles. The Kier molecular flexibility index (Phi) is 9.06. The van der Waals surface area contributed by atoms with Crippen LogP contribution in [0.5, 0.6) is 0 Å². The molecule has 1 aliphatic rings. The number of amides is 2. The van der Waals surface area contributed by atoms with Gasteiger partial charge in [0, 0.05) is 24.2 Å². The van der Waals surface area contributed by atoms with Crippen LogP contribution in [0.2, 0.25) is 20.1 Å². The van der Waals surface area contributed by atoms with Gasteiger partial charge in [-0.3, -0.25) is 9.59 Å². The fourth-order valence-electron chi connectivity index (χ4n) is 3.46. The van der Waals surface area contributed by atoms with Crippen LogP contribution in [0.1, 0.15) is 36.8 Å². The van der Waals surface area contributed by atoms with Gasteiger partial charge in [-0.1, -0.05) is 58.5 Å². The Morgan fingerprint density at radius 1 is 0.656 bits per heavy atom. The second kappa shape index (κ2) is 11.8. The molecule has 4 nitrogen and oxygen atoms in total. The van der Waals surface area contributed by atoms with E-state index in [1.165, 1.54) is 12.2 Å². The molecule has 0 radical (unpaired) electrons. The second-order valence-electron chi connectivity index (χ2n) is 7.58. The number of carbonyl (C=O) groups is 2. The average molecular weight is 512 g/mol. The van der Waals surface area contributed by atoms with Crippen molar-refractivity contribution < 1.29 is 9.59 Å². The highest BCUT2D eigenvalue weighted by Gasteiger charge is 2.22. The van der Waals surface area contributed by atoms with E-state index in [2.05, 4.69) is 10.6 Å². The van der Waals surface area contributed by atoms with Gasteiger partial charge in [0.1, 0.15) is 0 Å². The fraction of sp³-hybridized carbons (Fsp3) is 0.250. The molecule has 0 bridgehead atoms. The first-order chi connectivity index (χ1) is 15.3. The number of halogens is 4. The van der Waals surface area contributed by atoms with Crippen LogP contribution in [0.15, 0.2) is 48.6 Å². The third-order valence-electron chi connectivity index (χ3n) is 5.16. The van der Waals surface area contributed by atoms with Crippen LogP contribution in [0.25, 0.3) is 12.2 Å². The highest BCUT2D eigenvalue weighted by Crippen LogP contribution is 2.24. The van der Waals surface area contributed by atoms with Gasteiger partial charge in [0.05, 0.1) is 20.1 Å². The highest BCUT2D eigenvalue weighted by atomic mass is 35.5. The topological polar surface area (TPSA) is 58.2 Å². The summed E-state index contributed by atoms with van der Waals surface area (Å²) in [6.45, 7) is 0. The lowest BCUT2D eigenvalue weighted by Gasteiger charge is -2.29. The van der Waals surface area contributed by atoms with Crippen molar-refractivity contribution in [3.63, 3.8) is 0 Å². The first-order valence-corrected chi connectivity index (χ1v) is 11.7. The van der Waals surface area contributed by atoms with Gasteiger partial charge < -0.3 is 10.6 Å². The molecule has 8 heteroatoms. The quantitative estimate of drug-likeness (QED) is 0.431. The molecule has 1 fully saturated rings. The summed E-state index contributed by atoms with van der Waals surface area (Å²) in [4.78, 5) is 24.4. The van der Waals surface area contributed by atoms with E-state index in [1.54, 1.807) is 48.6 Å². The van der Waals surface area contributed by atoms with E-state index < -0.39 is 0 Å². The van der Waals surface area contributed by atoms with Crippen molar-refractivity contribution in [3.05, 3.63) is 79.8 Å². The molecule has 0 atom stereocenters. The number of hydrogen-bond donors (Lipinski definition) is 2. The van der Waals surface area contributed by atoms with Gasteiger partial charge in [0.2, 0.25) is 11.8 Å². The third-order valence-corrected chi connectivity index (χ3v) is 6.64. The molecule has 168 valence electrons. The number of carbonyl (C=O) groups excluding carboxylic acids is 2. The summed E-state index contributed by atoms with van der Waals surface area (Å²) in [6.07, 6.45) is 9.57. The van der Waals surface area contributed by atoms with E-state index in [4.69, 9.17) is 46.4 Å².